The Bertz CT molecular complexity index is 860. The van der Waals surface area contributed by atoms with Gasteiger partial charge in [-0.1, -0.05) is 13.8 Å². The number of anilines is 1. The van der Waals surface area contributed by atoms with Crippen molar-refractivity contribution >= 4 is 17.5 Å². The summed E-state index contributed by atoms with van der Waals surface area (Å²) in [7, 11) is 0. The molecular weight excluding hydrogens is 396 g/mol. The van der Waals surface area contributed by atoms with Gasteiger partial charge in [-0.05, 0) is 24.0 Å². The number of nitrogens with zero attached hydrogens (tertiary/aromatic N) is 1. The molecule has 0 spiro atoms. The van der Waals surface area contributed by atoms with Gasteiger partial charge in [0, 0.05) is 18.3 Å². The minimum absolute atomic E-state index is 0.150. The monoisotopic (exact) mass is 416 g/mol. The first kappa shape index (κ1) is 20.9. The van der Waals surface area contributed by atoms with Crippen LogP contribution in [0.25, 0.3) is 0 Å². The summed E-state index contributed by atoms with van der Waals surface area (Å²) >= 11 is 0. The predicted molar refractivity (Wildman–Crippen MR) is 94.9 cm³/mol. The molecule has 2 aliphatic heterocycles. The summed E-state index contributed by atoms with van der Waals surface area (Å²) in [6.45, 7) is 0.738. The van der Waals surface area contributed by atoms with Crippen molar-refractivity contribution in [3.8, 4) is 5.75 Å². The molecule has 1 atom stereocenters. The highest BCUT2D eigenvalue weighted by Crippen LogP contribution is 2.42. The maximum Gasteiger partial charge on any atom is 0.387 e. The third-order valence-corrected chi connectivity index (χ3v) is 4.65. The minimum atomic E-state index is -3.37. The van der Waals surface area contributed by atoms with Crippen molar-refractivity contribution in [1.29, 1.82) is 0 Å². The largest absolute Gasteiger partial charge is 0.429 e. The number of hydrazine groups is 1. The molecule has 2 aliphatic rings. The number of carbonyl (C=O) groups excluding carboxylic acids is 2. The summed E-state index contributed by atoms with van der Waals surface area (Å²) in [5.41, 5.74) is 4.68. The Balaban J connectivity index is 1.93. The molecule has 0 radical (unpaired) electrons. The fourth-order valence-electron chi connectivity index (χ4n) is 3.50. The van der Waals surface area contributed by atoms with Crippen LogP contribution in [-0.4, -0.2) is 37.6 Å². The van der Waals surface area contributed by atoms with Crippen molar-refractivity contribution < 1.29 is 31.9 Å². The molecule has 0 aromatic heterocycles. The minimum Gasteiger partial charge on any atom is -0.429 e. The van der Waals surface area contributed by atoms with E-state index in [4.69, 9.17) is 0 Å². The molecule has 2 amide bonds. The Hall–Kier alpha value is -2.82. The second kappa shape index (κ2) is 7.90. The van der Waals surface area contributed by atoms with E-state index in [2.05, 4.69) is 20.9 Å². The SMILES string of the molecule is CC1(C)CC(C(=O)NC2=CC(=O)NNC2)N(c2ccc(F)c(F)c2OC(F)F)C1. The Morgan fingerprint density at radius 2 is 2.07 bits per heavy atom. The average Bonchev–Trinajstić information content (AvgIpc) is 2.94. The Kier molecular flexibility index (Phi) is 5.69. The first-order valence-corrected chi connectivity index (χ1v) is 8.81. The quantitative estimate of drug-likeness (QED) is 0.638. The molecule has 2 heterocycles. The van der Waals surface area contributed by atoms with Crippen LogP contribution in [-0.2, 0) is 9.59 Å². The van der Waals surface area contributed by atoms with Gasteiger partial charge in [0.25, 0.3) is 5.91 Å². The molecule has 29 heavy (non-hydrogen) atoms. The van der Waals surface area contributed by atoms with Crippen LogP contribution >= 0.6 is 0 Å². The summed E-state index contributed by atoms with van der Waals surface area (Å²) in [5.74, 6) is -4.79. The molecule has 3 N–H and O–H groups in total. The normalized spacial score (nSPS) is 21.1. The standard InChI is InChI=1S/C18H20F4N4O3/c1-18(2)6-12(16(28)24-9-5-13(27)25-23-7-9)26(8-18)11-4-3-10(19)14(20)15(11)29-17(21)22/h3-5,12,17,23H,6-8H2,1-2H3,(H,24,28)(H,25,27). The highest BCUT2D eigenvalue weighted by Gasteiger charge is 2.43. The van der Waals surface area contributed by atoms with E-state index in [0.29, 0.717) is 12.1 Å². The van der Waals surface area contributed by atoms with Crippen LogP contribution in [0, 0.1) is 17.0 Å². The lowest BCUT2D eigenvalue weighted by molar-refractivity contribution is -0.121. The van der Waals surface area contributed by atoms with E-state index >= 15 is 0 Å². The van der Waals surface area contributed by atoms with E-state index in [1.54, 1.807) is 0 Å². The van der Waals surface area contributed by atoms with Crippen LogP contribution < -0.4 is 25.8 Å². The van der Waals surface area contributed by atoms with Crippen LogP contribution in [0.5, 0.6) is 5.75 Å². The number of nitrogens with one attached hydrogen (secondary N) is 3. The van der Waals surface area contributed by atoms with E-state index in [-0.39, 0.29) is 18.8 Å². The molecule has 1 aromatic rings. The van der Waals surface area contributed by atoms with Gasteiger partial charge in [-0.3, -0.25) is 15.0 Å². The van der Waals surface area contributed by atoms with Gasteiger partial charge in [-0.2, -0.15) is 13.2 Å². The van der Waals surface area contributed by atoms with Crippen molar-refractivity contribution in [1.82, 2.24) is 16.2 Å². The molecule has 158 valence electrons. The number of amides is 2. The third-order valence-electron chi connectivity index (χ3n) is 4.65. The van der Waals surface area contributed by atoms with Gasteiger partial charge < -0.3 is 15.0 Å². The second-order valence-electron chi connectivity index (χ2n) is 7.60. The number of benzene rings is 1. The first-order valence-electron chi connectivity index (χ1n) is 8.81. The Morgan fingerprint density at radius 1 is 1.34 bits per heavy atom. The zero-order valence-electron chi connectivity index (χ0n) is 15.7. The van der Waals surface area contributed by atoms with Crippen molar-refractivity contribution in [2.45, 2.75) is 32.9 Å². The molecular formula is C18H20F4N4O3. The fraction of sp³-hybridized carbons (Fsp3) is 0.444. The highest BCUT2D eigenvalue weighted by atomic mass is 19.3. The molecule has 7 nitrogen and oxygen atoms in total. The molecule has 1 saturated heterocycles. The molecule has 0 bridgehead atoms. The van der Waals surface area contributed by atoms with E-state index in [0.717, 1.165) is 12.1 Å². The second-order valence-corrected chi connectivity index (χ2v) is 7.60. The lowest BCUT2D eigenvalue weighted by Gasteiger charge is -2.29. The van der Waals surface area contributed by atoms with E-state index < -0.39 is 47.3 Å². The molecule has 3 rings (SSSR count). The van der Waals surface area contributed by atoms with Crippen LogP contribution in [0.3, 0.4) is 0 Å². The topological polar surface area (TPSA) is 82.7 Å². The van der Waals surface area contributed by atoms with E-state index in [1.807, 2.05) is 13.8 Å². The van der Waals surface area contributed by atoms with Crippen LogP contribution in [0.1, 0.15) is 20.3 Å². The Labute approximate surface area is 164 Å². The lowest BCUT2D eigenvalue weighted by atomic mass is 9.90. The van der Waals surface area contributed by atoms with Gasteiger partial charge in [0.05, 0.1) is 12.2 Å². The molecule has 0 aliphatic carbocycles. The zero-order valence-corrected chi connectivity index (χ0v) is 15.7. The van der Waals surface area contributed by atoms with Crippen molar-refractivity contribution in [3.05, 3.63) is 35.5 Å². The first-order chi connectivity index (χ1) is 13.6. The summed E-state index contributed by atoms with van der Waals surface area (Å²) in [4.78, 5) is 25.7. The van der Waals surface area contributed by atoms with E-state index in [1.165, 1.54) is 11.0 Å². The summed E-state index contributed by atoms with van der Waals surface area (Å²) in [5, 5.41) is 2.62. The van der Waals surface area contributed by atoms with E-state index in [9.17, 15) is 27.2 Å². The number of halogens is 4. The molecule has 11 heteroatoms. The van der Waals surface area contributed by atoms with Crippen molar-refractivity contribution in [2.75, 3.05) is 18.0 Å². The number of alkyl halides is 2. The predicted octanol–water partition coefficient (Wildman–Crippen LogP) is 1.81. The number of rotatable bonds is 5. The summed E-state index contributed by atoms with van der Waals surface area (Å²) < 4.78 is 57.6. The van der Waals surface area contributed by atoms with Crippen molar-refractivity contribution in [3.63, 3.8) is 0 Å². The molecule has 1 aromatic carbocycles. The van der Waals surface area contributed by atoms with Gasteiger partial charge in [0.2, 0.25) is 11.7 Å². The average molecular weight is 416 g/mol. The molecule has 1 unspecified atom stereocenters. The number of carbonyl (C=O) groups is 2. The number of hydrogen-bond acceptors (Lipinski definition) is 5. The molecule has 0 saturated carbocycles. The smallest absolute Gasteiger partial charge is 0.387 e. The maximum absolute atomic E-state index is 14.2. The van der Waals surface area contributed by atoms with Crippen LogP contribution in [0.15, 0.2) is 23.9 Å². The van der Waals surface area contributed by atoms with Gasteiger partial charge in [-0.15, -0.1) is 0 Å². The van der Waals surface area contributed by atoms with Crippen LogP contribution in [0.4, 0.5) is 23.2 Å². The maximum atomic E-state index is 14.2. The lowest BCUT2D eigenvalue weighted by Crippen LogP contribution is -2.48. The Morgan fingerprint density at radius 3 is 2.72 bits per heavy atom. The summed E-state index contributed by atoms with van der Waals surface area (Å²) in [6.07, 6.45) is 1.53. The molecule has 1 fully saturated rings. The van der Waals surface area contributed by atoms with Gasteiger partial charge in [0.1, 0.15) is 6.04 Å². The van der Waals surface area contributed by atoms with Crippen molar-refractivity contribution in [2.24, 2.45) is 5.41 Å². The summed E-state index contributed by atoms with van der Waals surface area (Å²) in [6, 6.07) is 1.02. The zero-order chi connectivity index (χ0) is 21.3. The number of hydrogen-bond donors (Lipinski definition) is 3. The third kappa shape index (κ3) is 4.61. The highest BCUT2D eigenvalue weighted by molar-refractivity contribution is 5.92. The van der Waals surface area contributed by atoms with Gasteiger partial charge in [-0.25, -0.2) is 9.82 Å². The van der Waals surface area contributed by atoms with Crippen LogP contribution in [0.2, 0.25) is 0 Å². The fourth-order valence-corrected chi connectivity index (χ4v) is 3.50. The van der Waals surface area contributed by atoms with Gasteiger partial charge >= 0.3 is 6.61 Å². The number of ether oxygens (including phenoxy) is 1. The van der Waals surface area contributed by atoms with Gasteiger partial charge in [0.15, 0.2) is 11.6 Å².